The molecule has 0 saturated carbocycles. The van der Waals surface area contributed by atoms with Crippen LogP contribution in [0.2, 0.25) is 0 Å². The smallest absolute Gasteiger partial charge is 0.303 e. The van der Waals surface area contributed by atoms with Crippen molar-refractivity contribution in [2.75, 3.05) is 11.4 Å². The number of carbonyl (C=O) groups is 3. The van der Waals surface area contributed by atoms with E-state index in [0.29, 0.717) is 18.8 Å². The second kappa shape index (κ2) is 5.97. The maximum Gasteiger partial charge on any atom is 0.329 e. The maximum absolute atomic E-state index is 11.9. The summed E-state index contributed by atoms with van der Waals surface area (Å²) in [5, 5.41) is 2.30. The van der Waals surface area contributed by atoms with Crippen LogP contribution < -0.4 is 10.2 Å². The lowest BCUT2D eigenvalue weighted by Crippen LogP contribution is -2.50. The monoisotopic (exact) mass is 300 g/mol. The maximum atomic E-state index is 11.9. The average molecular weight is 300 g/mol. The molecule has 7 heteroatoms. The predicted octanol–water partition coefficient (Wildman–Crippen LogP) is 1.30. The van der Waals surface area contributed by atoms with Gasteiger partial charge in [-0.15, -0.1) is 0 Å². The van der Waals surface area contributed by atoms with E-state index in [2.05, 4.69) is 10.3 Å². The van der Waals surface area contributed by atoms with Gasteiger partial charge in [-0.25, -0.2) is 9.78 Å². The zero-order valence-corrected chi connectivity index (χ0v) is 12.0. The fourth-order valence-electron chi connectivity index (χ4n) is 2.54. The third-order valence-corrected chi connectivity index (χ3v) is 3.68. The standard InChI is InChI=1S/C15H16N4O3/c20-8-2-1-3-11-4-6-18-12(9-11)16-10-14(18)19-7-5-13(21)17-15(19)22/h4,6,8-10H,1-3,5,7H2,(H,17,21,22). The molecule has 3 amide bonds. The van der Waals surface area contributed by atoms with Crippen molar-refractivity contribution in [1.82, 2.24) is 14.7 Å². The molecule has 1 saturated heterocycles. The van der Waals surface area contributed by atoms with Crippen LogP contribution in [0.4, 0.5) is 10.6 Å². The number of unbranched alkanes of at least 4 members (excludes halogenated alkanes) is 1. The van der Waals surface area contributed by atoms with Gasteiger partial charge in [0.25, 0.3) is 0 Å². The van der Waals surface area contributed by atoms with Crippen LogP contribution in [0.1, 0.15) is 24.8 Å². The number of imide groups is 1. The molecular weight excluding hydrogens is 284 g/mol. The van der Waals surface area contributed by atoms with Crippen molar-refractivity contribution < 1.29 is 14.4 Å². The Bertz CT molecular complexity index is 737. The first-order valence-electron chi connectivity index (χ1n) is 7.20. The van der Waals surface area contributed by atoms with Crippen molar-refractivity contribution in [3.63, 3.8) is 0 Å². The molecule has 0 atom stereocenters. The van der Waals surface area contributed by atoms with Gasteiger partial charge in [0.15, 0.2) is 0 Å². The zero-order valence-electron chi connectivity index (χ0n) is 12.0. The zero-order chi connectivity index (χ0) is 15.5. The Morgan fingerprint density at radius 3 is 3.00 bits per heavy atom. The minimum absolute atomic E-state index is 0.257. The van der Waals surface area contributed by atoms with Crippen molar-refractivity contribution in [2.24, 2.45) is 0 Å². The first-order valence-corrected chi connectivity index (χ1v) is 7.20. The summed E-state index contributed by atoms with van der Waals surface area (Å²) >= 11 is 0. The fourth-order valence-corrected chi connectivity index (χ4v) is 2.54. The van der Waals surface area contributed by atoms with Crippen molar-refractivity contribution in [2.45, 2.75) is 25.7 Å². The highest BCUT2D eigenvalue weighted by Gasteiger charge is 2.26. The van der Waals surface area contributed by atoms with E-state index in [1.807, 2.05) is 22.7 Å². The highest BCUT2D eigenvalue weighted by molar-refractivity contribution is 6.05. The molecule has 22 heavy (non-hydrogen) atoms. The van der Waals surface area contributed by atoms with E-state index in [9.17, 15) is 14.4 Å². The number of imidazole rings is 1. The van der Waals surface area contributed by atoms with E-state index >= 15 is 0 Å². The summed E-state index contributed by atoms with van der Waals surface area (Å²) in [6, 6.07) is 3.48. The molecule has 0 radical (unpaired) electrons. The molecule has 2 aromatic rings. The summed E-state index contributed by atoms with van der Waals surface area (Å²) in [5.74, 6) is 0.381. The Balaban J connectivity index is 1.84. The fraction of sp³-hybridized carbons (Fsp3) is 0.333. The summed E-state index contributed by atoms with van der Waals surface area (Å²) in [6.07, 6.45) is 6.86. The van der Waals surface area contributed by atoms with Crippen LogP contribution in [0.5, 0.6) is 0 Å². The Kier molecular flexibility index (Phi) is 3.86. The number of aldehydes is 1. The summed E-state index contributed by atoms with van der Waals surface area (Å²) in [6.45, 7) is 0.347. The number of anilines is 1. The van der Waals surface area contributed by atoms with Crippen molar-refractivity contribution in [3.8, 4) is 0 Å². The van der Waals surface area contributed by atoms with E-state index in [0.717, 1.165) is 30.3 Å². The molecule has 0 aromatic carbocycles. The molecule has 0 unspecified atom stereocenters. The molecular formula is C15H16N4O3. The number of amides is 3. The molecule has 0 aliphatic carbocycles. The Labute approximate surface area is 126 Å². The number of nitrogens with zero attached hydrogens (tertiary/aromatic N) is 3. The lowest BCUT2D eigenvalue weighted by atomic mass is 10.1. The molecule has 3 heterocycles. The SMILES string of the molecule is O=CCCCc1ccn2c(N3CCC(=O)NC3=O)cnc2c1. The normalized spacial score (nSPS) is 15.2. The topological polar surface area (TPSA) is 83.8 Å². The molecule has 1 fully saturated rings. The first kappa shape index (κ1) is 14.2. The van der Waals surface area contributed by atoms with E-state index < -0.39 is 6.03 Å². The quantitative estimate of drug-likeness (QED) is 0.666. The van der Waals surface area contributed by atoms with Gasteiger partial charge in [0.1, 0.15) is 17.8 Å². The molecule has 114 valence electrons. The minimum Gasteiger partial charge on any atom is -0.303 e. The van der Waals surface area contributed by atoms with E-state index in [1.165, 1.54) is 4.90 Å². The lowest BCUT2D eigenvalue weighted by Gasteiger charge is -2.25. The summed E-state index contributed by atoms with van der Waals surface area (Å²) < 4.78 is 1.82. The number of nitrogens with one attached hydrogen (secondary N) is 1. The van der Waals surface area contributed by atoms with Crippen LogP contribution in [0.15, 0.2) is 24.5 Å². The van der Waals surface area contributed by atoms with Gasteiger partial charge >= 0.3 is 6.03 Å². The predicted molar refractivity (Wildman–Crippen MR) is 79.7 cm³/mol. The van der Waals surface area contributed by atoms with Gasteiger partial charge in [-0.05, 0) is 30.5 Å². The molecule has 0 bridgehead atoms. The van der Waals surface area contributed by atoms with Crippen molar-refractivity contribution in [1.29, 1.82) is 0 Å². The van der Waals surface area contributed by atoms with Crippen LogP contribution in [0.25, 0.3) is 5.65 Å². The van der Waals surface area contributed by atoms with E-state index in [1.54, 1.807) is 6.20 Å². The van der Waals surface area contributed by atoms with Gasteiger partial charge in [0.05, 0.1) is 6.20 Å². The number of aromatic nitrogens is 2. The van der Waals surface area contributed by atoms with Crippen molar-refractivity contribution in [3.05, 3.63) is 30.1 Å². The van der Waals surface area contributed by atoms with E-state index in [-0.39, 0.29) is 12.3 Å². The molecule has 3 rings (SSSR count). The number of hydrogen-bond acceptors (Lipinski definition) is 4. The number of urea groups is 1. The van der Waals surface area contributed by atoms with Gasteiger partial charge in [-0.1, -0.05) is 0 Å². The van der Waals surface area contributed by atoms with E-state index in [4.69, 9.17) is 0 Å². The molecule has 0 spiro atoms. The summed E-state index contributed by atoms with van der Waals surface area (Å²) in [5.41, 5.74) is 1.84. The van der Waals surface area contributed by atoms with Crippen LogP contribution in [-0.2, 0) is 16.0 Å². The third-order valence-electron chi connectivity index (χ3n) is 3.68. The van der Waals surface area contributed by atoms with Gasteiger partial charge in [0, 0.05) is 25.6 Å². The Morgan fingerprint density at radius 1 is 1.36 bits per heavy atom. The minimum atomic E-state index is -0.423. The Hall–Kier alpha value is -2.70. The third kappa shape index (κ3) is 2.69. The second-order valence-corrected chi connectivity index (χ2v) is 5.19. The molecule has 2 aromatic heterocycles. The Morgan fingerprint density at radius 2 is 2.23 bits per heavy atom. The largest absolute Gasteiger partial charge is 0.329 e. The highest BCUT2D eigenvalue weighted by Crippen LogP contribution is 2.20. The molecule has 1 N–H and O–H groups in total. The number of fused-ring (bicyclic) bond motifs is 1. The molecule has 1 aliphatic heterocycles. The molecule has 7 nitrogen and oxygen atoms in total. The van der Waals surface area contributed by atoms with Gasteiger partial charge in [0.2, 0.25) is 5.91 Å². The van der Waals surface area contributed by atoms with Crippen LogP contribution in [0.3, 0.4) is 0 Å². The van der Waals surface area contributed by atoms with Gasteiger partial charge in [-0.2, -0.15) is 0 Å². The van der Waals surface area contributed by atoms with Gasteiger partial charge in [-0.3, -0.25) is 19.4 Å². The molecule has 1 aliphatic rings. The number of hydrogen-bond donors (Lipinski definition) is 1. The second-order valence-electron chi connectivity index (χ2n) is 5.19. The highest BCUT2D eigenvalue weighted by atomic mass is 16.2. The average Bonchev–Trinajstić information content (AvgIpc) is 2.91. The van der Waals surface area contributed by atoms with Crippen LogP contribution >= 0.6 is 0 Å². The number of aryl methyl sites for hydroxylation is 1. The number of rotatable bonds is 5. The summed E-state index contributed by atoms with van der Waals surface area (Å²) in [4.78, 5) is 39.3. The number of pyridine rings is 1. The van der Waals surface area contributed by atoms with Crippen LogP contribution in [-0.4, -0.2) is 34.2 Å². The number of carbonyl (C=O) groups excluding carboxylic acids is 3. The lowest BCUT2D eigenvalue weighted by molar-refractivity contribution is -0.120. The van der Waals surface area contributed by atoms with Gasteiger partial charge < -0.3 is 4.79 Å². The first-order chi connectivity index (χ1) is 10.7. The summed E-state index contributed by atoms with van der Waals surface area (Å²) in [7, 11) is 0. The van der Waals surface area contributed by atoms with Crippen molar-refractivity contribution >= 4 is 29.7 Å². The van der Waals surface area contributed by atoms with Crippen LogP contribution in [0, 0.1) is 0 Å².